The van der Waals surface area contributed by atoms with E-state index in [-0.39, 0.29) is 5.91 Å². The lowest BCUT2D eigenvalue weighted by Gasteiger charge is -2.37. The molecule has 5 rings (SSSR count). The van der Waals surface area contributed by atoms with Crippen molar-refractivity contribution < 1.29 is 19.0 Å². The van der Waals surface area contributed by atoms with Gasteiger partial charge in [-0.2, -0.15) is 5.10 Å². The Bertz CT molecular complexity index is 1110. The lowest BCUT2D eigenvalue weighted by molar-refractivity contribution is -0.181. The minimum Gasteiger partial charge on any atom is -0.497 e. The van der Waals surface area contributed by atoms with Crippen LogP contribution in [0, 0.1) is 0 Å². The van der Waals surface area contributed by atoms with Crippen LogP contribution in [0.1, 0.15) is 23.3 Å². The van der Waals surface area contributed by atoms with Crippen LogP contribution < -0.4 is 4.74 Å². The minimum atomic E-state index is -0.530. The average Bonchev–Trinajstić information content (AvgIpc) is 3.47. The molecule has 0 atom stereocenters. The van der Waals surface area contributed by atoms with Crippen molar-refractivity contribution in [2.45, 2.75) is 18.6 Å². The van der Waals surface area contributed by atoms with Gasteiger partial charge in [0.2, 0.25) is 0 Å². The number of halogens is 1. The number of amides is 1. The molecule has 0 bridgehead atoms. The maximum absolute atomic E-state index is 13.6. The van der Waals surface area contributed by atoms with Gasteiger partial charge in [0.05, 0.1) is 31.7 Å². The van der Waals surface area contributed by atoms with E-state index in [2.05, 4.69) is 0 Å². The van der Waals surface area contributed by atoms with Crippen LogP contribution in [0.2, 0.25) is 5.02 Å². The number of benzene rings is 2. The molecule has 3 heterocycles. The first kappa shape index (κ1) is 21.0. The number of piperidine rings is 1. The molecule has 0 radical (unpaired) electrons. The van der Waals surface area contributed by atoms with Gasteiger partial charge in [0, 0.05) is 36.5 Å². The molecule has 0 N–H and O–H groups in total. The van der Waals surface area contributed by atoms with Gasteiger partial charge in [-0.15, -0.1) is 0 Å². The van der Waals surface area contributed by atoms with Crippen LogP contribution in [0.25, 0.3) is 16.9 Å². The molecular formula is C24H24ClN3O4. The number of methoxy groups -OCH3 is 1. The van der Waals surface area contributed by atoms with Gasteiger partial charge >= 0.3 is 0 Å². The number of rotatable bonds is 4. The molecule has 1 spiro atoms. The van der Waals surface area contributed by atoms with Crippen LogP contribution in [0.15, 0.2) is 54.6 Å². The molecule has 8 heteroatoms. The predicted octanol–water partition coefficient (Wildman–Crippen LogP) is 4.18. The standard InChI is InChI=1S/C24H24ClN3O4/c1-30-20-7-5-17(6-8-20)21-16-22(28(26-21)19-4-2-3-18(25)15-19)23(29)27-11-9-24(10-12-27)31-13-14-32-24/h2-8,15-16H,9-14H2,1H3. The van der Waals surface area contributed by atoms with Crippen LogP contribution in [-0.4, -0.2) is 59.8 Å². The predicted molar refractivity (Wildman–Crippen MR) is 120 cm³/mol. The Labute approximate surface area is 191 Å². The zero-order valence-corrected chi connectivity index (χ0v) is 18.5. The van der Waals surface area contributed by atoms with E-state index in [1.54, 1.807) is 23.9 Å². The first-order chi connectivity index (χ1) is 15.6. The fourth-order valence-corrected chi connectivity index (χ4v) is 4.42. The SMILES string of the molecule is COc1ccc(-c2cc(C(=O)N3CCC4(CC3)OCCO4)n(-c3cccc(Cl)c3)n2)cc1. The molecule has 2 aromatic carbocycles. The quantitative estimate of drug-likeness (QED) is 0.593. The van der Waals surface area contributed by atoms with E-state index < -0.39 is 5.79 Å². The Balaban J connectivity index is 1.48. The van der Waals surface area contributed by atoms with E-state index in [0.717, 1.165) is 17.0 Å². The fourth-order valence-electron chi connectivity index (χ4n) is 4.24. The third-order valence-corrected chi connectivity index (χ3v) is 6.23. The number of nitrogens with zero attached hydrogens (tertiary/aromatic N) is 3. The van der Waals surface area contributed by atoms with Gasteiger partial charge in [-0.3, -0.25) is 4.79 Å². The van der Waals surface area contributed by atoms with E-state index in [1.807, 2.05) is 47.4 Å². The minimum absolute atomic E-state index is 0.0786. The molecule has 0 unspecified atom stereocenters. The second kappa shape index (κ2) is 8.58. The molecule has 0 aliphatic carbocycles. The van der Waals surface area contributed by atoms with Gasteiger partial charge in [-0.25, -0.2) is 4.68 Å². The van der Waals surface area contributed by atoms with Crippen molar-refractivity contribution >= 4 is 17.5 Å². The largest absolute Gasteiger partial charge is 0.497 e. The lowest BCUT2D eigenvalue weighted by atomic mass is 10.0. The summed E-state index contributed by atoms with van der Waals surface area (Å²) in [5, 5.41) is 5.34. The Hall–Kier alpha value is -2.87. The number of ether oxygens (including phenoxy) is 3. The van der Waals surface area contributed by atoms with Crippen LogP contribution in [0.3, 0.4) is 0 Å². The van der Waals surface area contributed by atoms with Gasteiger partial charge in [0.25, 0.3) is 5.91 Å². The Morgan fingerprint density at radius 1 is 1.06 bits per heavy atom. The van der Waals surface area contributed by atoms with E-state index >= 15 is 0 Å². The third kappa shape index (κ3) is 3.99. The van der Waals surface area contributed by atoms with Crippen molar-refractivity contribution in [2.75, 3.05) is 33.4 Å². The summed E-state index contributed by atoms with van der Waals surface area (Å²) in [6.45, 7) is 2.36. The van der Waals surface area contributed by atoms with Crippen LogP contribution in [0.4, 0.5) is 0 Å². The molecule has 1 amide bonds. The van der Waals surface area contributed by atoms with E-state index in [4.69, 9.17) is 30.9 Å². The molecule has 7 nitrogen and oxygen atoms in total. The molecule has 166 valence electrons. The summed E-state index contributed by atoms with van der Waals surface area (Å²) in [5.41, 5.74) is 2.82. The summed E-state index contributed by atoms with van der Waals surface area (Å²) < 4.78 is 18.5. The number of hydrogen-bond acceptors (Lipinski definition) is 5. The average molecular weight is 454 g/mol. The number of carbonyl (C=O) groups excluding carboxylic acids is 1. The van der Waals surface area contributed by atoms with E-state index in [1.165, 1.54) is 0 Å². The van der Waals surface area contributed by atoms with Crippen LogP contribution in [-0.2, 0) is 9.47 Å². The van der Waals surface area contributed by atoms with Gasteiger partial charge in [-0.05, 0) is 48.5 Å². The van der Waals surface area contributed by atoms with Crippen molar-refractivity contribution in [2.24, 2.45) is 0 Å². The number of aromatic nitrogens is 2. The molecular weight excluding hydrogens is 430 g/mol. The summed E-state index contributed by atoms with van der Waals surface area (Å²) in [6.07, 6.45) is 1.32. The maximum atomic E-state index is 13.6. The first-order valence-corrected chi connectivity index (χ1v) is 11.0. The summed E-state index contributed by atoms with van der Waals surface area (Å²) in [4.78, 5) is 15.4. The summed E-state index contributed by atoms with van der Waals surface area (Å²) in [7, 11) is 1.63. The van der Waals surface area contributed by atoms with Crippen molar-refractivity contribution in [1.82, 2.24) is 14.7 Å². The zero-order valence-electron chi connectivity index (χ0n) is 17.8. The molecule has 3 aromatic rings. The van der Waals surface area contributed by atoms with Gasteiger partial charge < -0.3 is 19.1 Å². The highest BCUT2D eigenvalue weighted by molar-refractivity contribution is 6.30. The Kier molecular flexibility index (Phi) is 5.63. The molecule has 2 saturated heterocycles. The Morgan fingerprint density at radius 3 is 2.44 bits per heavy atom. The van der Waals surface area contributed by atoms with Crippen LogP contribution in [0.5, 0.6) is 5.75 Å². The van der Waals surface area contributed by atoms with E-state index in [9.17, 15) is 4.79 Å². The number of hydrogen-bond donors (Lipinski definition) is 0. The smallest absolute Gasteiger partial charge is 0.272 e. The van der Waals surface area contributed by atoms with E-state index in [0.29, 0.717) is 55.6 Å². The number of likely N-dealkylation sites (tertiary alicyclic amines) is 1. The molecule has 2 aliphatic heterocycles. The normalized spacial score (nSPS) is 17.6. The maximum Gasteiger partial charge on any atom is 0.272 e. The lowest BCUT2D eigenvalue weighted by Crippen LogP contribution is -2.47. The second-order valence-electron chi connectivity index (χ2n) is 7.93. The molecule has 1 aromatic heterocycles. The number of carbonyl (C=O) groups is 1. The summed E-state index contributed by atoms with van der Waals surface area (Å²) in [5.74, 6) is 0.154. The third-order valence-electron chi connectivity index (χ3n) is 5.99. The highest BCUT2D eigenvalue weighted by atomic mass is 35.5. The van der Waals surface area contributed by atoms with Crippen molar-refractivity contribution in [3.8, 4) is 22.7 Å². The topological polar surface area (TPSA) is 65.8 Å². The van der Waals surface area contributed by atoms with Crippen LogP contribution >= 0.6 is 11.6 Å². The van der Waals surface area contributed by atoms with Gasteiger partial charge in [0.15, 0.2) is 5.79 Å². The molecule has 32 heavy (non-hydrogen) atoms. The zero-order chi connectivity index (χ0) is 22.1. The molecule has 2 fully saturated rings. The molecule has 2 aliphatic rings. The monoisotopic (exact) mass is 453 g/mol. The second-order valence-corrected chi connectivity index (χ2v) is 8.37. The highest BCUT2D eigenvalue weighted by Gasteiger charge is 2.41. The van der Waals surface area contributed by atoms with Crippen molar-refractivity contribution in [1.29, 1.82) is 0 Å². The van der Waals surface area contributed by atoms with Gasteiger partial charge in [0.1, 0.15) is 11.4 Å². The first-order valence-electron chi connectivity index (χ1n) is 10.6. The van der Waals surface area contributed by atoms with Gasteiger partial charge in [-0.1, -0.05) is 17.7 Å². The fraction of sp³-hybridized carbons (Fsp3) is 0.333. The highest BCUT2D eigenvalue weighted by Crippen LogP contribution is 2.32. The molecule has 0 saturated carbocycles. The summed E-state index contributed by atoms with van der Waals surface area (Å²) in [6, 6.07) is 16.8. The van der Waals surface area contributed by atoms with Crippen molar-refractivity contribution in [3.63, 3.8) is 0 Å². The van der Waals surface area contributed by atoms with Crippen molar-refractivity contribution in [3.05, 3.63) is 65.3 Å². The summed E-state index contributed by atoms with van der Waals surface area (Å²) >= 11 is 6.22. The Morgan fingerprint density at radius 2 is 1.78 bits per heavy atom.